The van der Waals surface area contributed by atoms with Gasteiger partial charge < -0.3 is 20.7 Å². The number of aromatic nitrogens is 4. The first kappa shape index (κ1) is 17.7. The van der Waals surface area contributed by atoms with Gasteiger partial charge in [-0.1, -0.05) is 11.3 Å². The second kappa shape index (κ2) is 6.41. The number of ether oxygens (including phenoxy) is 1. The van der Waals surface area contributed by atoms with E-state index >= 15 is 4.39 Å². The number of rotatable bonds is 1. The van der Waals surface area contributed by atoms with Crippen molar-refractivity contribution in [2.75, 3.05) is 36.9 Å². The van der Waals surface area contributed by atoms with Crippen LogP contribution in [0.25, 0.3) is 32.4 Å². The summed E-state index contributed by atoms with van der Waals surface area (Å²) in [7, 11) is 0. The largest absolute Gasteiger partial charge is 0.475 e. The van der Waals surface area contributed by atoms with E-state index in [-0.39, 0.29) is 38.5 Å². The Morgan fingerprint density at radius 2 is 2.10 bits per heavy atom. The van der Waals surface area contributed by atoms with Crippen LogP contribution in [0.4, 0.5) is 19.7 Å². The van der Waals surface area contributed by atoms with E-state index in [1.807, 2.05) is 0 Å². The minimum Gasteiger partial charge on any atom is -0.475 e. The monoisotopic (exact) mass is 427 g/mol. The van der Waals surface area contributed by atoms with Crippen LogP contribution in [0.5, 0.6) is 5.88 Å². The summed E-state index contributed by atoms with van der Waals surface area (Å²) in [4.78, 5) is 19.4. The third-order valence-corrected chi connectivity index (χ3v) is 6.37. The summed E-state index contributed by atoms with van der Waals surface area (Å²) < 4.78 is 36.1. The number of nitrogen functional groups attached to an aromatic ring is 1. The molecule has 0 unspecified atom stereocenters. The molecule has 3 aromatic heterocycles. The van der Waals surface area contributed by atoms with Crippen LogP contribution in [0, 0.1) is 11.6 Å². The maximum absolute atomic E-state index is 15.7. The molecule has 0 saturated carbocycles. The maximum atomic E-state index is 15.7. The van der Waals surface area contributed by atoms with Crippen molar-refractivity contribution in [2.45, 2.75) is 6.04 Å². The van der Waals surface area contributed by atoms with Crippen LogP contribution in [0.15, 0.2) is 18.5 Å². The van der Waals surface area contributed by atoms with E-state index in [2.05, 4.69) is 30.2 Å². The number of benzene rings is 1. The number of nitrogens with zero attached hydrogens (tertiary/aromatic N) is 5. The van der Waals surface area contributed by atoms with Crippen LogP contribution in [0.3, 0.4) is 0 Å². The first-order chi connectivity index (χ1) is 14.6. The molecule has 2 aliphatic rings. The number of thiazole rings is 1. The molecule has 6 rings (SSSR count). The first-order valence-corrected chi connectivity index (χ1v) is 10.2. The number of fused-ring (bicyclic) bond motifs is 3. The minimum absolute atomic E-state index is 0.00422. The molecule has 2 aliphatic heterocycles. The van der Waals surface area contributed by atoms with Crippen molar-refractivity contribution in [1.82, 2.24) is 25.3 Å². The summed E-state index contributed by atoms with van der Waals surface area (Å²) in [6.45, 7) is 2.62. The van der Waals surface area contributed by atoms with Gasteiger partial charge in [-0.05, 0) is 12.1 Å². The zero-order valence-corrected chi connectivity index (χ0v) is 16.3. The summed E-state index contributed by atoms with van der Waals surface area (Å²) in [5.74, 6) is -0.229. The lowest BCUT2D eigenvalue weighted by Gasteiger charge is -2.35. The summed E-state index contributed by atoms with van der Waals surface area (Å²) in [6.07, 6.45) is 1.35. The van der Waals surface area contributed by atoms with Crippen molar-refractivity contribution >= 4 is 43.4 Å². The van der Waals surface area contributed by atoms with Crippen LogP contribution < -0.4 is 20.7 Å². The number of piperazine rings is 1. The van der Waals surface area contributed by atoms with E-state index in [9.17, 15) is 4.39 Å². The van der Waals surface area contributed by atoms with Crippen molar-refractivity contribution in [2.24, 2.45) is 0 Å². The molecule has 3 N–H and O–H groups in total. The van der Waals surface area contributed by atoms with Crippen LogP contribution >= 0.6 is 11.3 Å². The van der Waals surface area contributed by atoms with Crippen molar-refractivity contribution < 1.29 is 13.5 Å². The molecule has 1 aromatic carbocycles. The lowest BCUT2D eigenvalue weighted by atomic mass is 10.1. The van der Waals surface area contributed by atoms with Gasteiger partial charge in [0.15, 0.2) is 10.9 Å². The molecule has 1 saturated heterocycles. The summed E-state index contributed by atoms with van der Waals surface area (Å²) in [6, 6.07) is 2.76. The smallest absolute Gasteiger partial charge is 0.227 e. The Morgan fingerprint density at radius 1 is 1.20 bits per heavy atom. The molecule has 0 amide bonds. The Hall–Kier alpha value is -3.18. The van der Waals surface area contributed by atoms with Crippen LogP contribution in [-0.2, 0) is 0 Å². The molecule has 30 heavy (non-hydrogen) atoms. The average molecular weight is 427 g/mol. The van der Waals surface area contributed by atoms with E-state index in [1.165, 1.54) is 18.5 Å². The van der Waals surface area contributed by atoms with Gasteiger partial charge in [-0.15, -0.1) is 0 Å². The molecule has 1 atom stereocenters. The van der Waals surface area contributed by atoms with Crippen molar-refractivity contribution in [3.05, 3.63) is 30.1 Å². The Kier molecular flexibility index (Phi) is 3.77. The molecule has 152 valence electrons. The Bertz CT molecular complexity index is 1330. The first-order valence-electron chi connectivity index (χ1n) is 9.41. The third kappa shape index (κ3) is 2.45. The normalized spacial score (nSPS) is 18.3. The lowest BCUT2D eigenvalue weighted by Crippen LogP contribution is -2.53. The second-order valence-corrected chi connectivity index (χ2v) is 8.22. The summed E-state index contributed by atoms with van der Waals surface area (Å²) in [5, 5.41) is 3.97. The lowest BCUT2D eigenvalue weighted by molar-refractivity contribution is 0.266. The van der Waals surface area contributed by atoms with E-state index in [0.717, 1.165) is 31.0 Å². The van der Waals surface area contributed by atoms with Crippen molar-refractivity contribution in [3.63, 3.8) is 0 Å². The highest BCUT2D eigenvalue weighted by Crippen LogP contribution is 2.41. The molecule has 5 heterocycles. The minimum atomic E-state index is -0.630. The fourth-order valence-electron chi connectivity index (χ4n) is 4.11. The SMILES string of the molecule is Nc1nc2c(-c3nc4c5c(ncnc5c3F)N3CCNC[C@H]3CO4)ccc(F)c2s1. The highest BCUT2D eigenvalue weighted by atomic mass is 32.1. The summed E-state index contributed by atoms with van der Waals surface area (Å²) in [5.41, 5.74) is 6.48. The predicted molar refractivity (Wildman–Crippen MR) is 110 cm³/mol. The van der Waals surface area contributed by atoms with E-state index < -0.39 is 11.6 Å². The predicted octanol–water partition coefficient (Wildman–Crippen LogP) is 2.33. The number of hydrogen-bond acceptors (Lipinski definition) is 9. The number of hydrogen-bond donors (Lipinski definition) is 2. The zero-order chi connectivity index (χ0) is 20.4. The molecule has 0 aliphatic carbocycles. The Labute approximate surface area is 172 Å². The van der Waals surface area contributed by atoms with Gasteiger partial charge in [0.25, 0.3) is 0 Å². The highest BCUT2D eigenvalue weighted by Gasteiger charge is 2.32. The molecule has 8 nitrogen and oxygen atoms in total. The number of nitrogens with one attached hydrogen (secondary N) is 1. The van der Waals surface area contributed by atoms with Crippen LogP contribution in [0.1, 0.15) is 0 Å². The second-order valence-electron chi connectivity index (χ2n) is 7.19. The zero-order valence-electron chi connectivity index (χ0n) is 15.5. The highest BCUT2D eigenvalue weighted by molar-refractivity contribution is 7.22. The van der Waals surface area contributed by atoms with Gasteiger partial charge in [-0.3, -0.25) is 0 Å². The number of anilines is 2. The maximum Gasteiger partial charge on any atom is 0.227 e. The molecule has 11 heteroatoms. The van der Waals surface area contributed by atoms with Gasteiger partial charge in [0.1, 0.15) is 41.2 Å². The van der Waals surface area contributed by atoms with Gasteiger partial charge in [0.2, 0.25) is 5.88 Å². The van der Waals surface area contributed by atoms with E-state index in [1.54, 1.807) is 0 Å². The molecular weight excluding hydrogens is 412 g/mol. The number of nitrogens with two attached hydrogens (primary N) is 1. The fraction of sp³-hybridized carbons (Fsp3) is 0.263. The Balaban J connectivity index is 1.64. The van der Waals surface area contributed by atoms with Gasteiger partial charge in [-0.25, -0.2) is 28.7 Å². The molecule has 0 radical (unpaired) electrons. The topological polar surface area (TPSA) is 102 Å². The molecule has 4 aromatic rings. The fourth-order valence-corrected chi connectivity index (χ4v) is 4.87. The van der Waals surface area contributed by atoms with Crippen LogP contribution in [-0.4, -0.2) is 52.2 Å². The molecule has 0 spiro atoms. The molecule has 0 bridgehead atoms. The molecule has 1 fully saturated rings. The standard InChI is InChI=1S/C19H15F2N7OS/c20-10-2-1-9(14-16(10)30-19(22)27-14)13-12(21)15-11-17(25-7-24-15)28-4-3-23-5-8(28)6-29-18(11)26-13/h1-2,7-8,23H,3-6H2,(H2,22,27)/t8-/m0/s1. The summed E-state index contributed by atoms with van der Waals surface area (Å²) >= 11 is 1.01. The van der Waals surface area contributed by atoms with Crippen molar-refractivity contribution in [3.8, 4) is 17.1 Å². The van der Waals surface area contributed by atoms with Crippen molar-refractivity contribution in [1.29, 1.82) is 0 Å². The van der Waals surface area contributed by atoms with Gasteiger partial charge in [0.05, 0.1) is 16.3 Å². The number of pyridine rings is 1. The van der Waals surface area contributed by atoms with E-state index in [0.29, 0.717) is 23.4 Å². The van der Waals surface area contributed by atoms with Gasteiger partial charge >= 0.3 is 0 Å². The number of halogens is 2. The molecular formula is C19H15F2N7OS. The van der Waals surface area contributed by atoms with E-state index in [4.69, 9.17) is 10.5 Å². The third-order valence-electron chi connectivity index (χ3n) is 5.47. The average Bonchev–Trinajstić information content (AvgIpc) is 3.08. The van der Waals surface area contributed by atoms with Gasteiger partial charge in [-0.2, -0.15) is 0 Å². The Morgan fingerprint density at radius 3 is 3.00 bits per heavy atom. The quantitative estimate of drug-likeness (QED) is 0.477. The van der Waals surface area contributed by atoms with Gasteiger partial charge in [0, 0.05) is 25.2 Å². The van der Waals surface area contributed by atoms with Crippen LogP contribution in [0.2, 0.25) is 0 Å².